The average Bonchev–Trinajstić information content (AvgIpc) is 3.74. The zero-order valence-corrected chi connectivity index (χ0v) is 27.3. The Morgan fingerprint density at radius 2 is 0.959 bits per heavy atom. The zero-order valence-electron chi connectivity index (χ0n) is 27.3. The van der Waals surface area contributed by atoms with E-state index in [1.807, 2.05) is 6.07 Å². The molecule has 0 saturated carbocycles. The van der Waals surface area contributed by atoms with Gasteiger partial charge in [0.15, 0.2) is 5.69 Å². The van der Waals surface area contributed by atoms with E-state index >= 15 is 0 Å². The fraction of sp³-hybridized carbons (Fsp3) is 0.0652. The molecule has 2 heterocycles. The second-order valence-corrected chi connectivity index (χ2v) is 13.7. The van der Waals surface area contributed by atoms with Crippen LogP contribution in [0.1, 0.15) is 25.0 Å². The van der Waals surface area contributed by atoms with Crippen LogP contribution in [0, 0.1) is 6.57 Å². The van der Waals surface area contributed by atoms with E-state index in [1.165, 1.54) is 77.0 Å². The van der Waals surface area contributed by atoms with Crippen LogP contribution < -0.4 is 0 Å². The second kappa shape index (κ2) is 10.1. The van der Waals surface area contributed by atoms with E-state index in [0.29, 0.717) is 5.69 Å². The van der Waals surface area contributed by atoms with Crippen molar-refractivity contribution in [2.24, 2.45) is 0 Å². The predicted octanol–water partition coefficient (Wildman–Crippen LogP) is 12.4. The maximum absolute atomic E-state index is 7.64. The molecule has 0 spiro atoms. The van der Waals surface area contributed by atoms with Gasteiger partial charge in [0.1, 0.15) is 0 Å². The lowest BCUT2D eigenvalue weighted by atomic mass is 9.82. The van der Waals surface area contributed by atoms with Crippen LogP contribution in [-0.4, -0.2) is 9.13 Å². The number of para-hydroxylation sites is 3. The standard InChI is InChI=1S/C46H31N3/c1-46(2)40-23-22-31(47-3)26-37(40)38-27-39-36-18-6-9-21-44(36)49(45(39)28-41(38)46)33-15-11-13-30(25-33)29-12-10-14-32(24-29)48-42-19-7-4-16-34(42)35-17-5-8-20-43(35)48/h4-28H,1-2H3. The molecule has 0 unspecified atom stereocenters. The highest BCUT2D eigenvalue weighted by Crippen LogP contribution is 2.52. The van der Waals surface area contributed by atoms with Crippen LogP contribution in [-0.2, 0) is 5.41 Å². The first-order valence-electron chi connectivity index (χ1n) is 16.8. The first-order chi connectivity index (χ1) is 24.0. The fourth-order valence-corrected chi connectivity index (χ4v) is 8.40. The lowest BCUT2D eigenvalue weighted by molar-refractivity contribution is 0.661. The summed E-state index contributed by atoms with van der Waals surface area (Å²) in [4.78, 5) is 3.75. The maximum atomic E-state index is 7.64. The summed E-state index contributed by atoms with van der Waals surface area (Å²) in [6.07, 6.45) is 0. The van der Waals surface area contributed by atoms with E-state index in [0.717, 1.165) is 11.4 Å². The van der Waals surface area contributed by atoms with Gasteiger partial charge in [-0.1, -0.05) is 105 Å². The van der Waals surface area contributed by atoms with Crippen LogP contribution >= 0.6 is 0 Å². The van der Waals surface area contributed by atoms with E-state index < -0.39 is 0 Å². The van der Waals surface area contributed by atoms with Crippen molar-refractivity contribution in [1.82, 2.24) is 9.13 Å². The third-order valence-electron chi connectivity index (χ3n) is 10.7. The first kappa shape index (κ1) is 27.7. The SMILES string of the molecule is [C-]#[N+]c1ccc2c(c1)-c1cc3c4ccccc4n(-c4cccc(-c5cccc(-n6c7ccccc7c7ccccc76)c5)c4)c3cc1C2(C)C. The second-order valence-electron chi connectivity index (χ2n) is 13.7. The molecule has 1 aliphatic rings. The van der Waals surface area contributed by atoms with Gasteiger partial charge in [-0.2, -0.15) is 0 Å². The van der Waals surface area contributed by atoms with Crippen LogP contribution in [0.25, 0.3) is 82.1 Å². The summed E-state index contributed by atoms with van der Waals surface area (Å²) >= 11 is 0. The Morgan fingerprint density at radius 3 is 1.53 bits per heavy atom. The van der Waals surface area contributed by atoms with Crippen LogP contribution in [0.15, 0.2) is 152 Å². The van der Waals surface area contributed by atoms with Gasteiger partial charge in [-0.3, -0.25) is 0 Å². The molecule has 3 heteroatoms. The Kier molecular flexibility index (Phi) is 5.69. The minimum absolute atomic E-state index is 0.171. The largest absolute Gasteiger partial charge is 0.309 e. The summed E-state index contributed by atoms with van der Waals surface area (Å²) in [6, 6.07) is 54.9. The topological polar surface area (TPSA) is 14.2 Å². The number of fused-ring (bicyclic) bond motifs is 9. The third kappa shape index (κ3) is 3.89. The molecular weight excluding hydrogens is 595 g/mol. The van der Waals surface area contributed by atoms with Gasteiger partial charge < -0.3 is 9.13 Å². The fourth-order valence-electron chi connectivity index (χ4n) is 8.40. The smallest absolute Gasteiger partial charge is 0.187 e. The number of aromatic nitrogens is 2. The molecule has 230 valence electrons. The Bertz CT molecular complexity index is 2820. The summed E-state index contributed by atoms with van der Waals surface area (Å²) in [5, 5.41) is 4.99. The van der Waals surface area contributed by atoms with Gasteiger partial charge in [0, 0.05) is 38.3 Å². The number of rotatable bonds is 3. The lowest BCUT2D eigenvalue weighted by Gasteiger charge is -2.22. The van der Waals surface area contributed by atoms with Crippen molar-refractivity contribution in [3.05, 3.63) is 174 Å². The van der Waals surface area contributed by atoms with E-state index in [9.17, 15) is 0 Å². The minimum Gasteiger partial charge on any atom is -0.309 e. The molecule has 0 bridgehead atoms. The van der Waals surface area contributed by atoms with Crippen molar-refractivity contribution in [3.8, 4) is 33.6 Å². The van der Waals surface area contributed by atoms with Crippen molar-refractivity contribution in [3.63, 3.8) is 0 Å². The molecule has 9 aromatic rings. The summed E-state index contributed by atoms with van der Waals surface area (Å²) in [6.45, 7) is 12.2. The Hall–Kier alpha value is -6.37. The van der Waals surface area contributed by atoms with Gasteiger partial charge >= 0.3 is 0 Å². The van der Waals surface area contributed by atoms with Gasteiger partial charge in [-0.25, -0.2) is 4.85 Å². The first-order valence-corrected chi connectivity index (χ1v) is 16.8. The highest BCUT2D eigenvalue weighted by Gasteiger charge is 2.36. The van der Waals surface area contributed by atoms with Crippen molar-refractivity contribution in [2.45, 2.75) is 19.3 Å². The summed E-state index contributed by atoms with van der Waals surface area (Å²) in [5.41, 5.74) is 14.9. The molecule has 0 amide bonds. The zero-order chi connectivity index (χ0) is 32.9. The van der Waals surface area contributed by atoms with Crippen LogP contribution in [0.3, 0.4) is 0 Å². The van der Waals surface area contributed by atoms with Crippen molar-refractivity contribution < 1.29 is 0 Å². The Labute approximate surface area is 284 Å². The third-order valence-corrected chi connectivity index (χ3v) is 10.7. The number of nitrogens with zero attached hydrogens (tertiary/aromatic N) is 3. The predicted molar refractivity (Wildman–Crippen MR) is 204 cm³/mol. The summed E-state index contributed by atoms with van der Waals surface area (Å²) in [5.74, 6) is 0. The average molecular weight is 626 g/mol. The van der Waals surface area contributed by atoms with Gasteiger partial charge in [0.05, 0.1) is 28.6 Å². The molecule has 0 saturated heterocycles. The van der Waals surface area contributed by atoms with Gasteiger partial charge in [0.25, 0.3) is 0 Å². The van der Waals surface area contributed by atoms with E-state index in [1.54, 1.807) is 0 Å². The molecule has 0 radical (unpaired) electrons. The van der Waals surface area contributed by atoms with E-state index in [4.69, 9.17) is 6.57 Å². The quantitative estimate of drug-likeness (QED) is 0.174. The maximum Gasteiger partial charge on any atom is 0.187 e. The Balaban J connectivity index is 1.16. The number of hydrogen-bond acceptors (Lipinski definition) is 0. The number of hydrogen-bond donors (Lipinski definition) is 0. The van der Waals surface area contributed by atoms with Crippen LogP contribution in [0.4, 0.5) is 5.69 Å². The van der Waals surface area contributed by atoms with Crippen molar-refractivity contribution in [2.75, 3.05) is 0 Å². The molecule has 0 aliphatic heterocycles. The number of benzene rings is 7. The highest BCUT2D eigenvalue weighted by atomic mass is 15.0. The van der Waals surface area contributed by atoms with Gasteiger partial charge in [-0.05, 0) is 94.0 Å². The monoisotopic (exact) mass is 625 g/mol. The van der Waals surface area contributed by atoms with Crippen LogP contribution in [0.5, 0.6) is 0 Å². The van der Waals surface area contributed by atoms with Crippen molar-refractivity contribution >= 4 is 49.3 Å². The summed E-state index contributed by atoms with van der Waals surface area (Å²) in [7, 11) is 0. The molecule has 49 heavy (non-hydrogen) atoms. The molecule has 0 atom stereocenters. The molecule has 0 fully saturated rings. The normalized spacial score (nSPS) is 13.2. The molecule has 7 aromatic carbocycles. The lowest BCUT2D eigenvalue weighted by Crippen LogP contribution is -2.15. The molecule has 0 N–H and O–H groups in total. The van der Waals surface area contributed by atoms with E-state index in [2.05, 4.69) is 173 Å². The molecule has 10 rings (SSSR count). The molecule has 1 aliphatic carbocycles. The minimum atomic E-state index is -0.171. The van der Waals surface area contributed by atoms with Crippen molar-refractivity contribution in [1.29, 1.82) is 0 Å². The van der Waals surface area contributed by atoms with Gasteiger partial charge in [0.2, 0.25) is 0 Å². The molecule has 3 nitrogen and oxygen atoms in total. The Morgan fingerprint density at radius 1 is 0.449 bits per heavy atom. The highest BCUT2D eigenvalue weighted by molar-refractivity contribution is 6.12. The molecular formula is C46H31N3. The van der Waals surface area contributed by atoms with Crippen LogP contribution in [0.2, 0.25) is 0 Å². The van der Waals surface area contributed by atoms with Gasteiger partial charge in [-0.15, -0.1) is 0 Å². The summed E-state index contributed by atoms with van der Waals surface area (Å²) < 4.78 is 4.81. The van der Waals surface area contributed by atoms with E-state index in [-0.39, 0.29) is 5.41 Å². The molecule has 2 aromatic heterocycles.